The Morgan fingerprint density at radius 3 is 2.79 bits per heavy atom. The van der Waals surface area contributed by atoms with Gasteiger partial charge in [-0.15, -0.1) is 0 Å². The van der Waals surface area contributed by atoms with E-state index >= 15 is 0 Å². The molecule has 1 saturated carbocycles. The van der Waals surface area contributed by atoms with E-state index in [0.29, 0.717) is 0 Å². The Hall–Kier alpha value is -1.00. The Morgan fingerprint density at radius 1 is 1.42 bits per heavy atom. The average Bonchev–Trinajstić information content (AvgIpc) is 2.47. The molecule has 0 aromatic carbocycles. The topological polar surface area (TPSA) is 47.0 Å². The minimum Gasteiger partial charge on any atom is -0.370 e. The first-order valence-electron chi connectivity index (χ1n) is 7.28. The second-order valence-electron chi connectivity index (χ2n) is 5.53. The van der Waals surface area contributed by atoms with Crippen molar-refractivity contribution in [1.82, 2.24) is 15.3 Å². The number of aromatic nitrogens is 2. The lowest BCUT2D eigenvalue weighted by Crippen LogP contribution is -2.35. The largest absolute Gasteiger partial charge is 0.370 e. The van der Waals surface area contributed by atoms with Gasteiger partial charge in [-0.2, -0.15) is 0 Å². The number of methoxy groups -OCH3 is 1. The molecule has 0 spiro atoms. The molecule has 106 valence electrons. The first kappa shape index (κ1) is 14.4. The number of nitrogens with zero attached hydrogens (tertiary/aromatic N) is 2. The monoisotopic (exact) mass is 263 g/mol. The van der Waals surface area contributed by atoms with Crippen LogP contribution in [0, 0.1) is 5.92 Å². The highest BCUT2D eigenvalue weighted by atomic mass is 16.5. The third-order valence-corrected chi connectivity index (χ3v) is 4.15. The maximum atomic E-state index is 5.83. The Labute approximate surface area is 116 Å². The summed E-state index contributed by atoms with van der Waals surface area (Å²) in [6, 6.07) is 1.97. The second-order valence-corrected chi connectivity index (χ2v) is 5.53. The number of hydrogen-bond acceptors (Lipinski definition) is 4. The van der Waals surface area contributed by atoms with Crippen molar-refractivity contribution in [1.29, 1.82) is 0 Å². The quantitative estimate of drug-likeness (QED) is 0.887. The van der Waals surface area contributed by atoms with E-state index in [0.717, 1.165) is 43.4 Å². The SMILES string of the molecule is CCNCc1ccnc(C2(OC)CCC(C)CC2)n1. The van der Waals surface area contributed by atoms with Gasteiger partial charge in [0.25, 0.3) is 0 Å². The molecule has 1 aromatic heterocycles. The first-order chi connectivity index (χ1) is 9.20. The van der Waals surface area contributed by atoms with Gasteiger partial charge in [-0.05, 0) is 44.2 Å². The zero-order valence-electron chi connectivity index (χ0n) is 12.3. The second kappa shape index (κ2) is 6.44. The molecule has 1 aliphatic rings. The molecule has 2 rings (SSSR count). The highest BCUT2D eigenvalue weighted by molar-refractivity contribution is 5.10. The van der Waals surface area contributed by atoms with Gasteiger partial charge in [0.2, 0.25) is 0 Å². The predicted molar refractivity (Wildman–Crippen MR) is 75.7 cm³/mol. The van der Waals surface area contributed by atoms with Gasteiger partial charge in [-0.1, -0.05) is 13.8 Å². The van der Waals surface area contributed by atoms with Gasteiger partial charge in [-0.3, -0.25) is 0 Å². The van der Waals surface area contributed by atoms with E-state index < -0.39 is 0 Å². The highest BCUT2D eigenvalue weighted by Gasteiger charge is 2.38. The average molecular weight is 263 g/mol. The molecule has 1 aliphatic carbocycles. The summed E-state index contributed by atoms with van der Waals surface area (Å²) >= 11 is 0. The van der Waals surface area contributed by atoms with Crippen LogP contribution in [-0.2, 0) is 16.9 Å². The highest BCUT2D eigenvalue weighted by Crippen LogP contribution is 2.40. The van der Waals surface area contributed by atoms with Crippen LogP contribution < -0.4 is 5.32 Å². The molecule has 0 unspecified atom stereocenters. The minimum atomic E-state index is -0.269. The Balaban J connectivity index is 2.18. The number of rotatable bonds is 5. The van der Waals surface area contributed by atoms with Gasteiger partial charge in [0, 0.05) is 19.9 Å². The van der Waals surface area contributed by atoms with Crippen LogP contribution in [0.3, 0.4) is 0 Å². The van der Waals surface area contributed by atoms with E-state index in [9.17, 15) is 0 Å². The van der Waals surface area contributed by atoms with E-state index in [1.807, 2.05) is 12.3 Å². The van der Waals surface area contributed by atoms with Crippen molar-refractivity contribution in [2.75, 3.05) is 13.7 Å². The van der Waals surface area contributed by atoms with Crippen molar-refractivity contribution < 1.29 is 4.74 Å². The molecular formula is C15H25N3O. The van der Waals surface area contributed by atoms with Crippen LogP contribution >= 0.6 is 0 Å². The Morgan fingerprint density at radius 2 is 2.16 bits per heavy atom. The van der Waals surface area contributed by atoms with Crippen LogP contribution in [0.4, 0.5) is 0 Å². The third kappa shape index (κ3) is 3.31. The molecular weight excluding hydrogens is 238 g/mol. The van der Waals surface area contributed by atoms with Crippen molar-refractivity contribution in [2.45, 2.75) is 51.7 Å². The van der Waals surface area contributed by atoms with Gasteiger partial charge in [0.1, 0.15) is 5.60 Å². The zero-order chi connectivity index (χ0) is 13.7. The molecule has 1 fully saturated rings. The van der Waals surface area contributed by atoms with Crippen molar-refractivity contribution in [2.24, 2.45) is 5.92 Å². The summed E-state index contributed by atoms with van der Waals surface area (Å²) in [5.41, 5.74) is 0.774. The van der Waals surface area contributed by atoms with Crippen LogP contribution in [0.15, 0.2) is 12.3 Å². The van der Waals surface area contributed by atoms with E-state index in [1.165, 1.54) is 12.8 Å². The molecule has 19 heavy (non-hydrogen) atoms. The maximum absolute atomic E-state index is 5.83. The van der Waals surface area contributed by atoms with Gasteiger partial charge in [-0.25, -0.2) is 9.97 Å². The molecule has 0 radical (unpaired) electrons. The number of nitrogens with one attached hydrogen (secondary N) is 1. The van der Waals surface area contributed by atoms with Gasteiger partial charge in [0.15, 0.2) is 5.82 Å². The fourth-order valence-electron chi connectivity index (χ4n) is 2.71. The van der Waals surface area contributed by atoms with Crippen LogP contribution in [0.5, 0.6) is 0 Å². The Kier molecular flexibility index (Phi) is 4.88. The predicted octanol–water partition coefficient (Wildman–Crippen LogP) is 2.64. The molecule has 0 bridgehead atoms. The van der Waals surface area contributed by atoms with Crippen molar-refractivity contribution in [3.05, 3.63) is 23.8 Å². The molecule has 0 amide bonds. The smallest absolute Gasteiger partial charge is 0.160 e. The van der Waals surface area contributed by atoms with Gasteiger partial charge >= 0.3 is 0 Å². The maximum Gasteiger partial charge on any atom is 0.160 e. The molecule has 0 saturated heterocycles. The van der Waals surface area contributed by atoms with Gasteiger partial charge in [0.05, 0.1) is 5.69 Å². The number of ether oxygens (including phenoxy) is 1. The van der Waals surface area contributed by atoms with Crippen molar-refractivity contribution in [3.8, 4) is 0 Å². The molecule has 1 heterocycles. The summed E-state index contributed by atoms with van der Waals surface area (Å²) in [6.07, 6.45) is 6.28. The van der Waals surface area contributed by atoms with Crippen LogP contribution in [0.1, 0.15) is 51.0 Å². The standard InChI is InChI=1S/C15H25N3O/c1-4-16-11-13-7-10-17-14(18-13)15(19-3)8-5-12(2)6-9-15/h7,10,12,16H,4-6,8-9,11H2,1-3H3. The molecule has 4 nitrogen and oxygen atoms in total. The summed E-state index contributed by atoms with van der Waals surface area (Å²) in [5.74, 6) is 1.64. The minimum absolute atomic E-state index is 0.269. The lowest BCUT2D eigenvalue weighted by molar-refractivity contribution is -0.0599. The molecule has 4 heteroatoms. The first-order valence-corrected chi connectivity index (χ1v) is 7.28. The van der Waals surface area contributed by atoms with E-state index in [2.05, 4.69) is 24.1 Å². The molecule has 1 aromatic rings. The zero-order valence-corrected chi connectivity index (χ0v) is 12.3. The lowest BCUT2D eigenvalue weighted by Gasteiger charge is -2.36. The normalized spacial score (nSPS) is 27.4. The van der Waals surface area contributed by atoms with Crippen LogP contribution in [0.25, 0.3) is 0 Å². The van der Waals surface area contributed by atoms with Crippen LogP contribution in [0.2, 0.25) is 0 Å². The number of hydrogen-bond donors (Lipinski definition) is 1. The van der Waals surface area contributed by atoms with E-state index in [1.54, 1.807) is 7.11 Å². The summed E-state index contributed by atoms with van der Waals surface area (Å²) < 4.78 is 5.83. The lowest BCUT2D eigenvalue weighted by atomic mass is 9.79. The summed E-state index contributed by atoms with van der Waals surface area (Å²) in [4.78, 5) is 9.18. The summed E-state index contributed by atoms with van der Waals surface area (Å²) in [5, 5.41) is 3.30. The van der Waals surface area contributed by atoms with Crippen molar-refractivity contribution >= 4 is 0 Å². The fraction of sp³-hybridized carbons (Fsp3) is 0.733. The van der Waals surface area contributed by atoms with Crippen molar-refractivity contribution in [3.63, 3.8) is 0 Å². The van der Waals surface area contributed by atoms with Crippen LogP contribution in [-0.4, -0.2) is 23.6 Å². The van der Waals surface area contributed by atoms with E-state index in [-0.39, 0.29) is 5.60 Å². The van der Waals surface area contributed by atoms with Gasteiger partial charge < -0.3 is 10.1 Å². The summed E-state index contributed by atoms with van der Waals surface area (Å²) in [6.45, 7) is 6.15. The molecule has 0 aliphatic heterocycles. The van der Waals surface area contributed by atoms with E-state index in [4.69, 9.17) is 9.72 Å². The third-order valence-electron chi connectivity index (χ3n) is 4.15. The Bertz CT molecular complexity index is 400. The summed E-state index contributed by atoms with van der Waals surface area (Å²) in [7, 11) is 1.79. The molecule has 0 atom stereocenters. The fourth-order valence-corrected chi connectivity index (χ4v) is 2.71. The molecule has 1 N–H and O–H groups in total.